The van der Waals surface area contributed by atoms with E-state index in [1.807, 2.05) is 42.6 Å². The summed E-state index contributed by atoms with van der Waals surface area (Å²) in [4.78, 5) is 6.54. The Morgan fingerprint density at radius 2 is 1.92 bits per heavy atom. The van der Waals surface area contributed by atoms with E-state index in [1.165, 1.54) is 5.56 Å². The third kappa shape index (κ3) is 5.92. The van der Waals surface area contributed by atoms with Crippen LogP contribution in [0.1, 0.15) is 24.0 Å². The average Bonchev–Trinajstić information content (AvgIpc) is 2.62. The van der Waals surface area contributed by atoms with Crippen LogP contribution < -0.4 is 4.72 Å². The Balaban J connectivity index is 1.49. The zero-order valence-corrected chi connectivity index (χ0v) is 15.2. The van der Waals surface area contributed by atoms with Gasteiger partial charge in [0.2, 0.25) is 10.0 Å². The first-order valence-electron chi connectivity index (χ1n) is 8.73. The van der Waals surface area contributed by atoms with Gasteiger partial charge in [-0.25, -0.2) is 13.1 Å². The van der Waals surface area contributed by atoms with Crippen LogP contribution in [0.25, 0.3) is 0 Å². The summed E-state index contributed by atoms with van der Waals surface area (Å²) in [6.45, 7) is 3.37. The first kappa shape index (κ1) is 18.0. The van der Waals surface area contributed by atoms with Crippen molar-refractivity contribution in [3.63, 3.8) is 0 Å². The first-order valence-corrected chi connectivity index (χ1v) is 10.4. The fraction of sp³-hybridized carbons (Fsp3) is 0.421. The number of aromatic nitrogens is 1. The molecular weight excluding hydrogens is 334 g/mol. The fourth-order valence-electron chi connectivity index (χ4n) is 3.30. The maximum absolute atomic E-state index is 12.3. The Kier molecular flexibility index (Phi) is 6.18. The number of hydrogen-bond donors (Lipinski definition) is 1. The number of piperidine rings is 1. The molecular formula is C19H25N3O2S. The van der Waals surface area contributed by atoms with Crippen molar-refractivity contribution in [2.45, 2.75) is 25.1 Å². The van der Waals surface area contributed by atoms with Gasteiger partial charge in [-0.05, 0) is 42.5 Å². The molecule has 1 atom stereocenters. The Bertz CT molecular complexity index is 751. The molecule has 1 saturated heterocycles. The summed E-state index contributed by atoms with van der Waals surface area (Å²) in [6.07, 6.45) is 5.85. The van der Waals surface area contributed by atoms with Gasteiger partial charge in [0.15, 0.2) is 0 Å². The number of nitrogens with zero attached hydrogens (tertiary/aromatic N) is 2. The molecule has 1 aliphatic heterocycles. The topological polar surface area (TPSA) is 62.3 Å². The zero-order valence-electron chi connectivity index (χ0n) is 14.3. The second kappa shape index (κ2) is 8.56. The second-order valence-electron chi connectivity index (χ2n) is 6.70. The Hall–Kier alpha value is -1.76. The molecule has 1 aromatic heterocycles. The molecule has 0 radical (unpaired) electrons. The lowest BCUT2D eigenvalue weighted by Crippen LogP contribution is -2.40. The summed E-state index contributed by atoms with van der Waals surface area (Å²) in [5, 5.41) is 0. The normalized spacial score (nSPS) is 19.0. The highest BCUT2D eigenvalue weighted by Crippen LogP contribution is 2.18. The number of benzene rings is 1. The SMILES string of the molecule is O=S(=O)(Cc1ccccc1)NCC1CCCN(Cc2cccnc2)C1. The van der Waals surface area contributed by atoms with Crippen LogP contribution in [0.15, 0.2) is 54.9 Å². The van der Waals surface area contributed by atoms with E-state index in [2.05, 4.69) is 20.7 Å². The average molecular weight is 359 g/mol. The summed E-state index contributed by atoms with van der Waals surface area (Å²) in [5.41, 5.74) is 2.02. The quantitative estimate of drug-likeness (QED) is 0.825. The molecule has 1 aromatic carbocycles. The molecule has 2 aromatic rings. The standard InChI is InChI=1S/C19H25N3O2S/c23-25(24,16-17-6-2-1-3-7-17)21-13-19-9-5-11-22(15-19)14-18-8-4-10-20-12-18/h1-4,6-8,10,12,19,21H,5,9,11,13-16H2. The molecule has 2 heterocycles. The molecule has 1 unspecified atom stereocenters. The molecule has 3 rings (SSSR count). The van der Waals surface area contributed by atoms with Gasteiger partial charge in [0, 0.05) is 32.0 Å². The van der Waals surface area contributed by atoms with Crippen molar-refractivity contribution in [3.05, 3.63) is 66.0 Å². The minimum absolute atomic E-state index is 0.0416. The molecule has 1 N–H and O–H groups in total. The molecule has 5 nitrogen and oxygen atoms in total. The Labute approximate surface area is 150 Å². The lowest BCUT2D eigenvalue weighted by Gasteiger charge is -2.32. The van der Waals surface area contributed by atoms with Crippen LogP contribution in [0.4, 0.5) is 0 Å². The summed E-state index contributed by atoms with van der Waals surface area (Å²) in [6, 6.07) is 13.3. The third-order valence-corrected chi connectivity index (χ3v) is 5.84. The van der Waals surface area contributed by atoms with Crippen molar-refractivity contribution in [1.82, 2.24) is 14.6 Å². The molecule has 0 amide bonds. The van der Waals surface area contributed by atoms with Crippen molar-refractivity contribution < 1.29 is 8.42 Å². The van der Waals surface area contributed by atoms with Crippen molar-refractivity contribution in [1.29, 1.82) is 0 Å². The maximum Gasteiger partial charge on any atom is 0.215 e. The van der Waals surface area contributed by atoms with Gasteiger partial charge >= 0.3 is 0 Å². The molecule has 6 heteroatoms. The Morgan fingerprint density at radius 3 is 2.68 bits per heavy atom. The van der Waals surface area contributed by atoms with Gasteiger partial charge in [0.05, 0.1) is 5.75 Å². The number of likely N-dealkylation sites (tertiary alicyclic amines) is 1. The number of nitrogens with one attached hydrogen (secondary N) is 1. The highest BCUT2D eigenvalue weighted by Gasteiger charge is 2.22. The van der Waals surface area contributed by atoms with Gasteiger partial charge in [-0.3, -0.25) is 9.88 Å². The molecule has 0 aliphatic carbocycles. The van der Waals surface area contributed by atoms with Gasteiger partial charge in [-0.15, -0.1) is 0 Å². The maximum atomic E-state index is 12.3. The fourth-order valence-corrected chi connectivity index (χ4v) is 4.52. The van der Waals surface area contributed by atoms with Crippen LogP contribution in [0.2, 0.25) is 0 Å². The zero-order chi connectivity index (χ0) is 17.5. The van der Waals surface area contributed by atoms with Crippen LogP contribution in [0, 0.1) is 5.92 Å². The van der Waals surface area contributed by atoms with Crippen molar-refractivity contribution in [2.75, 3.05) is 19.6 Å². The highest BCUT2D eigenvalue weighted by molar-refractivity contribution is 7.88. The Morgan fingerprint density at radius 1 is 1.12 bits per heavy atom. The van der Waals surface area contributed by atoms with Crippen molar-refractivity contribution in [3.8, 4) is 0 Å². The monoisotopic (exact) mass is 359 g/mol. The van der Waals surface area contributed by atoms with Crippen LogP contribution in [-0.4, -0.2) is 37.9 Å². The molecule has 1 aliphatic rings. The number of rotatable bonds is 7. The molecule has 25 heavy (non-hydrogen) atoms. The lowest BCUT2D eigenvalue weighted by molar-refractivity contribution is 0.168. The van der Waals surface area contributed by atoms with Gasteiger partial charge < -0.3 is 0 Å². The van der Waals surface area contributed by atoms with E-state index in [-0.39, 0.29) is 5.75 Å². The van der Waals surface area contributed by atoms with Crippen molar-refractivity contribution in [2.24, 2.45) is 5.92 Å². The molecule has 0 bridgehead atoms. The van der Waals surface area contributed by atoms with Crippen LogP contribution in [0.3, 0.4) is 0 Å². The van der Waals surface area contributed by atoms with Gasteiger partial charge in [0.25, 0.3) is 0 Å². The predicted molar refractivity (Wildman–Crippen MR) is 99.3 cm³/mol. The highest BCUT2D eigenvalue weighted by atomic mass is 32.2. The molecule has 134 valence electrons. The summed E-state index contributed by atoms with van der Waals surface area (Å²) < 4.78 is 27.4. The van der Waals surface area contributed by atoms with E-state index in [0.717, 1.165) is 38.0 Å². The minimum atomic E-state index is -3.29. The number of sulfonamides is 1. The van der Waals surface area contributed by atoms with E-state index in [0.29, 0.717) is 12.5 Å². The number of hydrogen-bond acceptors (Lipinski definition) is 4. The van der Waals surface area contributed by atoms with E-state index in [4.69, 9.17) is 0 Å². The van der Waals surface area contributed by atoms with Gasteiger partial charge in [-0.1, -0.05) is 36.4 Å². The van der Waals surface area contributed by atoms with Crippen LogP contribution in [-0.2, 0) is 22.3 Å². The smallest absolute Gasteiger partial charge is 0.215 e. The number of pyridine rings is 1. The molecule has 0 saturated carbocycles. The summed E-state index contributed by atoms with van der Waals surface area (Å²) >= 11 is 0. The van der Waals surface area contributed by atoms with Gasteiger partial charge in [-0.2, -0.15) is 0 Å². The molecule has 1 fully saturated rings. The second-order valence-corrected chi connectivity index (χ2v) is 8.50. The summed E-state index contributed by atoms with van der Waals surface area (Å²) in [5.74, 6) is 0.399. The van der Waals surface area contributed by atoms with E-state index in [9.17, 15) is 8.42 Å². The van der Waals surface area contributed by atoms with Gasteiger partial charge in [0.1, 0.15) is 0 Å². The summed E-state index contributed by atoms with van der Waals surface area (Å²) in [7, 11) is -3.29. The van der Waals surface area contributed by atoms with E-state index in [1.54, 1.807) is 6.20 Å². The minimum Gasteiger partial charge on any atom is -0.299 e. The lowest BCUT2D eigenvalue weighted by atomic mass is 9.98. The van der Waals surface area contributed by atoms with Crippen molar-refractivity contribution >= 4 is 10.0 Å². The molecule has 0 spiro atoms. The van der Waals surface area contributed by atoms with Crippen LogP contribution in [0.5, 0.6) is 0 Å². The van der Waals surface area contributed by atoms with E-state index >= 15 is 0 Å². The van der Waals surface area contributed by atoms with E-state index < -0.39 is 10.0 Å². The first-order chi connectivity index (χ1) is 12.1. The third-order valence-electron chi connectivity index (χ3n) is 4.52. The van der Waals surface area contributed by atoms with Crippen LogP contribution >= 0.6 is 0 Å². The largest absolute Gasteiger partial charge is 0.299 e. The predicted octanol–water partition coefficient (Wildman–Crippen LogP) is 2.41.